The third-order valence-corrected chi connectivity index (χ3v) is 4.38. The van der Waals surface area contributed by atoms with Gasteiger partial charge >= 0.3 is 5.97 Å². The zero-order chi connectivity index (χ0) is 13.8. The van der Waals surface area contributed by atoms with Crippen LogP contribution in [0.2, 0.25) is 0 Å². The molecule has 2 nitrogen and oxygen atoms in total. The van der Waals surface area contributed by atoms with Gasteiger partial charge in [-0.25, -0.2) is 4.79 Å². The van der Waals surface area contributed by atoms with E-state index in [2.05, 4.69) is 38.5 Å². The Bertz CT molecular complexity index is 598. The predicted molar refractivity (Wildman–Crippen MR) is 87.1 cm³/mol. The molecule has 0 saturated heterocycles. The number of carbonyl (C=O) groups excluding carboxylic acids is 1. The first-order valence-electron chi connectivity index (χ1n) is 5.79. The molecule has 2 rings (SSSR count). The molecule has 0 unspecified atom stereocenters. The summed E-state index contributed by atoms with van der Waals surface area (Å²) in [6, 6.07) is 15.1. The Labute approximate surface area is 134 Å². The maximum absolute atomic E-state index is 12.1. The van der Waals surface area contributed by atoms with Crippen LogP contribution >= 0.6 is 38.5 Å². The summed E-state index contributed by atoms with van der Waals surface area (Å²) in [5, 5.41) is 0. The fourth-order valence-corrected chi connectivity index (χ4v) is 2.93. The lowest BCUT2D eigenvalue weighted by atomic mass is 10.1. The van der Waals surface area contributed by atoms with Gasteiger partial charge in [0.1, 0.15) is 6.10 Å². The van der Waals surface area contributed by atoms with Crippen molar-refractivity contribution in [3.05, 3.63) is 67.7 Å². The van der Waals surface area contributed by atoms with Crippen LogP contribution < -0.4 is 0 Å². The Morgan fingerprint density at radius 2 is 1.79 bits per heavy atom. The lowest BCUT2D eigenvalue weighted by Gasteiger charge is -2.15. The SMILES string of the molecule is C[C@H](OC(=O)c1ccccc1I)c1ccccc1Br. The van der Waals surface area contributed by atoms with Crippen molar-refractivity contribution in [1.29, 1.82) is 0 Å². The second kappa shape index (κ2) is 6.52. The molecule has 0 aliphatic heterocycles. The molecule has 2 aromatic rings. The van der Waals surface area contributed by atoms with E-state index in [1.165, 1.54) is 0 Å². The second-order valence-electron chi connectivity index (χ2n) is 4.05. The number of ether oxygens (including phenoxy) is 1. The standard InChI is InChI=1S/C15H12BrIO2/c1-10(11-6-2-4-8-13(11)16)19-15(18)12-7-3-5-9-14(12)17/h2-10H,1H3/t10-/m0/s1. The zero-order valence-electron chi connectivity index (χ0n) is 10.3. The van der Waals surface area contributed by atoms with Crippen molar-refractivity contribution in [3.8, 4) is 0 Å². The summed E-state index contributed by atoms with van der Waals surface area (Å²) in [7, 11) is 0. The lowest BCUT2D eigenvalue weighted by Crippen LogP contribution is -2.10. The van der Waals surface area contributed by atoms with Crippen LogP contribution in [-0.2, 0) is 4.74 Å². The van der Waals surface area contributed by atoms with E-state index in [9.17, 15) is 4.79 Å². The van der Waals surface area contributed by atoms with Crippen molar-refractivity contribution >= 4 is 44.5 Å². The maximum Gasteiger partial charge on any atom is 0.339 e. The Morgan fingerprint density at radius 1 is 1.16 bits per heavy atom. The predicted octanol–water partition coefficient (Wildman–Crippen LogP) is 4.97. The number of halogens is 2. The molecular weight excluding hydrogens is 419 g/mol. The minimum absolute atomic E-state index is 0.293. The molecule has 0 radical (unpaired) electrons. The second-order valence-corrected chi connectivity index (χ2v) is 6.07. The van der Waals surface area contributed by atoms with Crippen molar-refractivity contribution in [2.24, 2.45) is 0 Å². The normalized spacial score (nSPS) is 11.9. The summed E-state index contributed by atoms with van der Waals surface area (Å²) in [6.45, 7) is 1.87. The molecule has 19 heavy (non-hydrogen) atoms. The number of carbonyl (C=O) groups is 1. The van der Waals surface area contributed by atoms with Gasteiger partial charge in [0.05, 0.1) is 5.56 Å². The van der Waals surface area contributed by atoms with Crippen molar-refractivity contribution in [2.45, 2.75) is 13.0 Å². The van der Waals surface area contributed by atoms with Crippen molar-refractivity contribution < 1.29 is 9.53 Å². The Hall–Kier alpha value is -0.880. The molecule has 0 amide bonds. The van der Waals surface area contributed by atoms with Gasteiger partial charge in [-0.15, -0.1) is 0 Å². The van der Waals surface area contributed by atoms with Crippen LogP contribution in [0.15, 0.2) is 53.0 Å². The fraction of sp³-hybridized carbons (Fsp3) is 0.133. The molecule has 0 fully saturated rings. The van der Waals surface area contributed by atoms with Crippen LogP contribution in [0.25, 0.3) is 0 Å². The molecule has 0 aromatic heterocycles. The number of rotatable bonds is 3. The van der Waals surface area contributed by atoms with Gasteiger partial charge in [0, 0.05) is 13.6 Å². The van der Waals surface area contributed by atoms with E-state index < -0.39 is 0 Å². The highest BCUT2D eigenvalue weighted by Gasteiger charge is 2.17. The molecule has 0 aliphatic rings. The first-order chi connectivity index (χ1) is 9.09. The highest BCUT2D eigenvalue weighted by Crippen LogP contribution is 2.26. The van der Waals surface area contributed by atoms with Crippen molar-refractivity contribution in [2.75, 3.05) is 0 Å². The highest BCUT2D eigenvalue weighted by molar-refractivity contribution is 14.1. The first-order valence-corrected chi connectivity index (χ1v) is 7.66. The van der Waals surface area contributed by atoms with Gasteiger partial charge < -0.3 is 4.74 Å². The molecule has 4 heteroatoms. The van der Waals surface area contributed by atoms with Crippen molar-refractivity contribution in [1.82, 2.24) is 0 Å². The van der Waals surface area contributed by atoms with E-state index in [-0.39, 0.29) is 12.1 Å². The zero-order valence-corrected chi connectivity index (χ0v) is 14.0. The van der Waals surface area contributed by atoms with Crippen LogP contribution in [0.3, 0.4) is 0 Å². The van der Waals surface area contributed by atoms with Crippen LogP contribution in [0.1, 0.15) is 28.9 Å². The fourth-order valence-electron chi connectivity index (χ4n) is 1.72. The van der Waals surface area contributed by atoms with Gasteiger partial charge in [0.25, 0.3) is 0 Å². The quantitative estimate of drug-likeness (QED) is 0.507. The van der Waals surface area contributed by atoms with Gasteiger partial charge in [0.2, 0.25) is 0 Å². The van der Waals surface area contributed by atoms with Gasteiger partial charge in [0.15, 0.2) is 0 Å². The Kier molecular flexibility index (Phi) is 4.99. The smallest absolute Gasteiger partial charge is 0.339 e. The lowest BCUT2D eigenvalue weighted by molar-refractivity contribution is 0.0335. The minimum atomic E-state index is -0.298. The molecule has 0 spiro atoms. The molecule has 98 valence electrons. The third-order valence-electron chi connectivity index (χ3n) is 2.72. The summed E-state index contributed by atoms with van der Waals surface area (Å²) in [4.78, 5) is 12.1. The van der Waals surface area contributed by atoms with Crippen LogP contribution in [-0.4, -0.2) is 5.97 Å². The topological polar surface area (TPSA) is 26.3 Å². The molecule has 0 bridgehead atoms. The molecule has 0 saturated carbocycles. The average Bonchev–Trinajstić information content (AvgIpc) is 2.39. The number of esters is 1. The van der Waals surface area contributed by atoms with Gasteiger partial charge in [-0.3, -0.25) is 0 Å². The Balaban J connectivity index is 2.16. The van der Waals surface area contributed by atoms with Crippen LogP contribution in [0, 0.1) is 3.57 Å². The van der Waals surface area contributed by atoms with E-state index >= 15 is 0 Å². The van der Waals surface area contributed by atoms with Gasteiger partial charge in [-0.1, -0.05) is 46.3 Å². The third kappa shape index (κ3) is 3.57. The summed E-state index contributed by atoms with van der Waals surface area (Å²) in [6.07, 6.45) is -0.293. The number of benzene rings is 2. The minimum Gasteiger partial charge on any atom is -0.454 e. The summed E-state index contributed by atoms with van der Waals surface area (Å²) in [5.74, 6) is -0.298. The van der Waals surface area contributed by atoms with Crippen LogP contribution in [0.5, 0.6) is 0 Å². The largest absolute Gasteiger partial charge is 0.454 e. The van der Waals surface area contributed by atoms with Gasteiger partial charge in [-0.05, 0) is 47.7 Å². The highest BCUT2D eigenvalue weighted by atomic mass is 127. The molecule has 2 aromatic carbocycles. The van der Waals surface area contributed by atoms with Crippen LogP contribution in [0.4, 0.5) is 0 Å². The van der Waals surface area contributed by atoms with E-state index in [1.807, 2.05) is 49.4 Å². The van der Waals surface area contributed by atoms with E-state index in [1.54, 1.807) is 6.07 Å². The summed E-state index contributed by atoms with van der Waals surface area (Å²) in [5.41, 5.74) is 1.56. The van der Waals surface area contributed by atoms with Crippen molar-refractivity contribution in [3.63, 3.8) is 0 Å². The summed E-state index contributed by atoms with van der Waals surface area (Å²) >= 11 is 5.60. The number of hydrogen-bond acceptors (Lipinski definition) is 2. The maximum atomic E-state index is 12.1. The summed E-state index contributed by atoms with van der Waals surface area (Å²) < 4.78 is 7.35. The van der Waals surface area contributed by atoms with E-state index in [0.29, 0.717) is 5.56 Å². The monoisotopic (exact) mass is 430 g/mol. The Morgan fingerprint density at radius 3 is 2.47 bits per heavy atom. The number of hydrogen-bond donors (Lipinski definition) is 0. The molecular formula is C15H12BrIO2. The molecule has 0 aliphatic carbocycles. The molecule has 0 N–H and O–H groups in total. The average molecular weight is 431 g/mol. The van der Waals surface area contributed by atoms with Gasteiger partial charge in [-0.2, -0.15) is 0 Å². The molecule has 0 heterocycles. The molecule has 1 atom stereocenters. The van der Waals surface area contributed by atoms with E-state index in [4.69, 9.17) is 4.74 Å². The van der Waals surface area contributed by atoms with E-state index in [0.717, 1.165) is 13.6 Å². The first kappa shape index (κ1) is 14.5.